The van der Waals surface area contributed by atoms with Crippen LogP contribution in [0.15, 0.2) is 48.5 Å². The van der Waals surface area contributed by atoms with Crippen molar-refractivity contribution in [3.63, 3.8) is 0 Å². The summed E-state index contributed by atoms with van der Waals surface area (Å²) in [7, 11) is 0. The Balaban J connectivity index is 1.35. The average Bonchev–Trinajstić information content (AvgIpc) is 3.57. The van der Waals surface area contributed by atoms with Gasteiger partial charge in [0.2, 0.25) is 5.91 Å². The lowest BCUT2D eigenvalue weighted by Crippen LogP contribution is -2.50. The maximum absolute atomic E-state index is 13.0. The van der Waals surface area contributed by atoms with E-state index in [0.29, 0.717) is 44.4 Å². The highest BCUT2D eigenvalue weighted by Crippen LogP contribution is 2.44. The molecule has 4 nitrogen and oxygen atoms in total. The van der Waals surface area contributed by atoms with E-state index in [0.717, 1.165) is 11.1 Å². The average molecular weight is 391 g/mol. The molecule has 1 heterocycles. The normalized spacial score (nSPS) is 17.9. The number of carbonyl (C=O) groups excluding carboxylic acids is 2. The standard InChI is InChI=1S/C25H30N2O2/c1-18-6-8-20(9-7-18)23(21-10-11-21)17-24(28)26-12-14-27(15-13-26)25(29)22-5-3-4-19(2)16-22/h3-9,16,21,23H,10-15,17H2,1-2H3. The number of amides is 2. The molecule has 1 aliphatic heterocycles. The van der Waals surface area contributed by atoms with Gasteiger partial charge < -0.3 is 9.80 Å². The lowest BCUT2D eigenvalue weighted by molar-refractivity contribution is -0.133. The summed E-state index contributed by atoms with van der Waals surface area (Å²) < 4.78 is 0. The number of carbonyl (C=O) groups is 2. The molecule has 1 saturated heterocycles. The van der Waals surface area contributed by atoms with Crippen molar-refractivity contribution >= 4 is 11.8 Å². The Hall–Kier alpha value is -2.62. The predicted molar refractivity (Wildman–Crippen MR) is 115 cm³/mol. The summed E-state index contributed by atoms with van der Waals surface area (Å²) in [4.78, 5) is 29.6. The lowest BCUT2D eigenvalue weighted by atomic mass is 9.90. The molecule has 1 unspecified atom stereocenters. The molecule has 1 saturated carbocycles. The van der Waals surface area contributed by atoms with Crippen LogP contribution < -0.4 is 0 Å². The largest absolute Gasteiger partial charge is 0.339 e. The monoisotopic (exact) mass is 390 g/mol. The van der Waals surface area contributed by atoms with E-state index in [4.69, 9.17) is 0 Å². The van der Waals surface area contributed by atoms with Gasteiger partial charge in [-0.3, -0.25) is 9.59 Å². The van der Waals surface area contributed by atoms with Gasteiger partial charge in [0, 0.05) is 38.2 Å². The number of nitrogens with zero attached hydrogens (tertiary/aromatic N) is 2. The third-order valence-corrected chi connectivity index (χ3v) is 6.28. The molecule has 0 N–H and O–H groups in total. The number of benzene rings is 2. The summed E-state index contributed by atoms with van der Waals surface area (Å²) in [5.74, 6) is 1.27. The van der Waals surface area contributed by atoms with E-state index < -0.39 is 0 Å². The van der Waals surface area contributed by atoms with Crippen LogP contribution in [0.5, 0.6) is 0 Å². The van der Waals surface area contributed by atoms with Crippen LogP contribution in [0.2, 0.25) is 0 Å². The highest BCUT2D eigenvalue weighted by molar-refractivity contribution is 5.94. The molecular weight excluding hydrogens is 360 g/mol. The highest BCUT2D eigenvalue weighted by atomic mass is 16.2. The van der Waals surface area contributed by atoms with E-state index in [1.165, 1.54) is 24.0 Å². The van der Waals surface area contributed by atoms with Gasteiger partial charge >= 0.3 is 0 Å². The first-order valence-corrected chi connectivity index (χ1v) is 10.7. The van der Waals surface area contributed by atoms with Gasteiger partial charge in [0.15, 0.2) is 0 Å². The van der Waals surface area contributed by atoms with Crippen LogP contribution in [0.4, 0.5) is 0 Å². The molecule has 2 aliphatic rings. The quantitative estimate of drug-likeness (QED) is 0.769. The van der Waals surface area contributed by atoms with Crippen LogP contribution >= 0.6 is 0 Å². The molecule has 0 radical (unpaired) electrons. The zero-order valence-electron chi connectivity index (χ0n) is 17.4. The maximum atomic E-state index is 13.0. The SMILES string of the molecule is Cc1ccc(C(CC(=O)N2CCN(C(=O)c3cccc(C)c3)CC2)C2CC2)cc1. The lowest BCUT2D eigenvalue weighted by Gasteiger charge is -2.35. The molecule has 0 aromatic heterocycles. The van der Waals surface area contributed by atoms with E-state index in [9.17, 15) is 9.59 Å². The molecule has 0 spiro atoms. The molecule has 2 aromatic rings. The predicted octanol–water partition coefficient (Wildman–Crippen LogP) is 4.17. The Kier molecular flexibility index (Phi) is 5.70. The third-order valence-electron chi connectivity index (χ3n) is 6.28. The van der Waals surface area contributed by atoms with Crippen LogP contribution in [0.3, 0.4) is 0 Å². The minimum absolute atomic E-state index is 0.0660. The Bertz CT molecular complexity index is 878. The summed E-state index contributed by atoms with van der Waals surface area (Å²) >= 11 is 0. The van der Waals surface area contributed by atoms with Crippen molar-refractivity contribution in [1.82, 2.24) is 9.80 Å². The molecule has 1 atom stereocenters. The van der Waals surface area contributed by atoms with Crippen molar-refractivity contribution in [1.29, 1.82) is 0 Å². The Labute approximate surface area is 173 Å². The molecule has 4 rings (SSSR count). The Morgan fingerprint density at radius 3 is 2.17 bits per heavy atom. The van der Waals surface area contributed by atoms with E-state index in [1.807, 2.05) is 41.0 Å². The number of aryl methyl sites for hydroxylation is 2. The van der Waals surface area contributed by atoms with Crippen molar-refractivity contribution in [3.8, 4) is 0 Å². The van der Waals surface area contributed by atoms with Crippen LogP contribution in [0.25, 0.3) is 0 Å². The highest BCUT2D eigenvalue weighted by Gasteiger charge is 2.35. The zero-order chi connectivity index (χ0) is 20.4. The number of rotatable bonds is 5. The first kappa shape index (κ1) is 19.7. The summed E-state index contributed by atoms with van der Waals surface area (Å²) in [6, 6.07) is 16.4. The topological polar surface area (TPSA) is 40.6 Å². The maximum Gasteiger partial charge on any atom is 0.253 e. The van der Waals surface area contributed by atoms with Crippen LogP contribution in [-0.2, 0) is 4.79 Å². The van der Waals surface area contributed by atoms with Gasteiger partial charge in [-0.1, -0.05) is 47.5 Å². The molecule has 2 amide bonds. The van der Waals surface area contributed by atoms with Gasteiger partial charge in [-0.25, -0.2) is 0 Å². The van der Waals surface area contributed by atoms with Gasteiger partial charge in [0.25, 0.3) is 5.91 Å². The molecule has 2 aromatic carbocycles. The van der Waals surface area contributed by atoms with Crippen LogP contribution in [-0.4, -0.2) is 47.8 Å². The fourth-order valence-electron chi connectivity index (χ4n) is 4.31. The van der Waals surface area contributed by atoms with Crippen molar-refractivity contribution < 1.29 is 9.59 Å². The Morgan fingerprint density at radius 1 is 0.897 bits per heavy atom. The molecular formula is C25H30N2O2. The van der Waals surface area contributed by atoms with Crippen molar-refractivity contribution in [2.24, 2.45) is 5.92 Å². The summed E-state index contributed by atoms with van der Waals surface area (Å²) in [6.45, 7) is 6.56. The van der Waals surface area contributed by atoms with Crippen LogP contribution in [0.1, 0.15) is 52.2 Å². The molecule has 1 aliphatic carbocycles. The van der Waals surface area contributed by atoms with E-state index in [1.54, 1.807) is 0 Å². The third kappa shape index (κ3) is 4.69. The van der Waals surface area contributed by atoms with E-state index in [2.05, 4.69) is 31.2 Å². The molecule has 2 fully saturated rings. The number of piperazine rings is 1. The van der Waals surface area contributed by atoms with Gasteiger partial charge in [-0.05, 0) is 56.2 Å². The molecule has 4 heteroatoms. The van der Waals surface area contributed by atoms with Gasteiger partial charge in [0.05, 0.1) is 0 Å². The van der Waals surface area contributed by atoms with Gasteiger partial charge in [0.1, 0.15) is 0 Å². The van der Waals surface area contributed by atoms with Crippen molar-refractivity contribution in [2.75, 3.05) is 26.2 Å². The second-order valence-corrected chi connectivity index (χ2v) is 8.60. The minimum atomic E-state index is 0.0660. The number of hydrogen-bond donors (Lipinski definition) is 0. The fourth-order valence-corrected chi connectivity index (χ4v) is 4.31. The van der Waals surface area contributed by atoms with E-state index in [-0.39, 0.29) is 11.8 Å². The fraction of sp³-hybridized carbons (Fsp3) is 0.440. The Morgan fingerprint density at radius 2 is 1.55 bits per heavy atom. The number of hydrogen-bond acceptors (Lipinski definition) is 2. The van der Waals surface area contributed by atoms with Crippen LogP contribution in [0, 0.1) is 19.8 Å². The van der Waals surface area contributed by atoms with Crippen molar-refractivity contribution in [3.05, 3.63) is 70.8 Å². The first-order chi connectivity index (χ1) is 14.0. The second kappa shape index (κ2) is 8.40. The minimum Gasteiger partial charge on any atom is -0.339 e. The zero-order valence-corrected chi connectivity index (χ0v) is 17.4. The molecule has 29 heavy (non-hydrogen) atoms. The van der Waals surface area contributed by atoms with E-state index >= 15 is 0 Å². The van der Waals surface area contributed by atoms with Crippen molar-refractivity contribution in [2.45, 2.75) is 39.0 Å². The summed E-state index contributed by atoms with van der Waals surface area (Å²) in [5.41, 5.74) is 4.37. The first-order valence-electron chi connectivity index (χ1n) is 10.7. The summed E-state index contributed by atoms with van der Waals surface area (Å²) in [6.07, 6.45) is 3.04. The molecule has 152 valence electrons. The second-order valence-electron chi connectivity index (χ2n) is 8.60. The van der Waals surface area contributed by atoms with Gasteiger partial charge in [-0.2, -0.15) is 0 Å². The smallest absolute Gasteiger partial charge is 0.253 e. The summed E-state index contributed by atoms with van der Waals surface area (Å²) in [5, 5.41) is 0. The molecule has 0 bridgehead atoms. The van der Waals surface area contributed by atoms with Gasteiger partial charge in [-0.15, -0.1) is 0 Å².